The Morgan fingerprint density at radius 3 is 2.43 bits per heavy atom. The summed E-state index contributed by atoms with van der Waals surface area (Å²) < 4.78 is 14.4. The maximum atomic E-state index is 14.4. The lowest BCUT2D eigenvalue weighted by molar-refractivity contribution is -0.0599. The third-order valence-corrected chi connectivity index (χ3v) is 7.43. The molecule has 1 aliphatic heterocycles. The molecule has 0 bridgehead atoms. The molecule has 30 heavy (non-hydrogen) atoms. The lowest BCUT2D eigenvalue weighted by atomic mass is 9.72. The van der Waals surface area contributed by atoms with Crippen LogP contribution < -0.4 is 4.90 Å². The Hall–Kier alpha value is -1.33. The predicted molar refractivity (Wildman–Crippen MR) is 122 cm³/mol. The van der Waals surface area contributed by atoms with Crippen LogP contribution in [0.3, 0.4) is 0 Å². The average Bonchev–Trinajstić information content (AvgIpc) is 2.74. The Balaban J connectivity index is 1.41. The second kappa shape index (κ2) is 9.44. The first kappa shape index (κ1) is 21.9. The summed E-state index contributed by atoms with van der Waals surface area (Å²) in [6.45, 7) is 4.51. The molecule has 162 valence electrons. The van der Waals surface area contributed by atoms with E-state index < -0.39 is 5.60 Å². The van der Waals surface area contributed by atoms with Gasteiger partial charge in [0, 0.05) is 55.6 Å². The molecule has 1 N–H and O–H groups in total. The van der Waals surface area contributed by atoms with E-state index in [1.54, 1.807) is 12.1 Å². The highest BCUT2D eigenvalue weighted by atomic mass is 35.5. The second-order valence-electron chi connectivity index (χ2n) is 8.66. The highest BCUT2D eigenvalue weighted by Crippen LogP contribution is 2.39. The van der Waals surface area contributed by atoms with E-state index in [0.29, 0.717) is 17.0 Å². The summed E-state index contributed by atoms with van der Waals surface area (Å²) in [4.78, 5) is 4.75. The molecule has 2 fully saturated rings. The Kier molecular flexibility index (Phi) is 6.88. The van der Waals surface area contributed by atoms with E-state index in [1.807, 2.05) is 18.2 Å². The zero-order valence-corrected chi connectivity index (χ0v) is 18.7. The molecule has 2 aliphatic rings. The van der Waals surface area contributed by atoms with Gasteiger partial charge in [-0.1, -0.05) is 54.2 Å². The molecule has 1 saturated heterocycles. The highest BCUT2D eigenvalue weighted by molar-refractivity contribution is 6.33. The van der Waals surface area contributed by atoms with E-state index >= 15 is 0 Å². The fourth-order valence-electron chi connectivity index (χ4n) is 4.99. The first-order chi connectivity index (χ1) is 14.5. The molecule has 3 nitrogen and oxygen atoms in total. The fourth-order valence-corrected chi connectivity index (χ4v) is 5.47. The van der Waals surface area contributed by atoms with Gasteiger partial charge in [0.15, 0.2) is 0 Å². The molecular weight excluding hydrogens is 422 g/mol. The van der Waals surface area contributed by atoms with Crippen molar-refractivity contribution in [3.63, 3.8) is 0 Å². The minimum absolute atomic E-state index is 0.119. The van der Waals surface area contributed by atoms with E-state index in [2.05, 4.69) is 15.9 Å². The lowest BCUT2D eigenvalue weighted by Crippen LogP contribution is -2.53. The van der Waals surface area contributed by atoms with E-state index in [9.17, 15) is 9.50 Å². The van der Waals surface area contributed by atoms with Crippen molar-refractivity contribution in [2.75, 3.05) is 37.6 Å². The van der Waals surface area contributed by atoms with E-state index in [0.717, 1.165) is 62.7 Å². The molecule has 2 atom stereocenters. The Bertz CT molecular complexity index is 852. The summed E-state index contributed by atoms with van der Waals surface area (Å²) in [5.41, 5.74) is 0.614. The second-order valence-corrected chi connectivity index (χ2v) is 9.48. The number of hydrogen-bond donors (Lipinski definition) is 1. The van der Waals surface area contributed by atoms with Crippen LogP contribution in [0.1, 0.15) is 31.2 Å². The van der Waals surface area contributed by atoms with Gasteiger partial charge in [-0.15, -0.1) is 0 Å². The van der Waals surface area contributed by atoms with Gasteiger partial charge in [0.05, 0.1) is 16.3 Å². The molecule has 0 spiro atoms. The molecule has 0 radical (unpaired) electrons. The van der Waals surface area contributed by atoms with Crippen LogP contribution in [-0.4, -0.2) is 48.3 Å². The maximum Gasteiger partial charge on any atom is 0.127 e. The summed E-state index contributed by atoms with van der Waals surface area (Å²) in [5, 5.41) is 12.7. The summed E-state index contributed by atoms with van der Waals surface area (Å²) in [7, 11) is 0. The number of anilines is 1. The lowest BCUT2D eigenvalue weighted by Gasteiger charge is -2.44. The van der Waals surface area contributed by atoms with Crippen LogP contribution in [0.5, 0.6) is 0 Å². The zero-order chi connectivity index (χ0) is 21.1. The largest absolute Gasteiger partial charge is 0.389 e. The van der Waals surface area contributed by atoms with Crippen molar-refractivity contribution < 1.29 is 9.50 Å². The molecular formula is C24H29Cl2FN2O. The smallest absolute Gasteiger partial charge is 0.127 e. The third-order valence-electron chi connectivity index (χ3n) is 6.76. The summed E-state index contributed by atoms with van der Waals surface area (Å²) in [6.07, 6.45) is 4.02. The third kappa shape index (κ3) is 4.77. The molecule has 1 aliphatic carbocycles. The number of nitrogens with zero attached hydrogens (tertiary/aromatic N) is 2. The summed E-state index contributed by atoms with van der Waals surface area (Å²) in [5.74, 6) is -0.206. The Labute approximate surface area is 188 Å². The standard InChI is InChI=1S/C24H29Cl2FN2O/c25-20-8-5-9-22(27)19(20)16-24(30)11-4-3-6-18(24)17-28-12-14-29(15-13-28)23-10-2-1-7-21(23)26/h1-2,5,7-10,18,30H,3-4,6,11-17H2. The van der Waals surface area contributed by atoms with Gasteiger partial charge in [-0.3, -0.25) is 4.90 Å². The number of halogens is 3. The number of para-hydroxylation sites is 1. The first-order valence-electron chi connectivity index (χ1n) is 10.8. The van der Waals surface area contributed by atoms with Crippen molar-refractivity contribution >= 4 is 28.9 Å². The summed E-state index contributed by atoms with van der Waals surface area (Å²) >= 11 is 12.6. The van der Waals surface area contributed by atoms with Gasteiger partial charge in [-0.05, 0) is 37.1 Å². The SMILES string of the molecule is OC1(Cc2c(F)cccc2Cl)CCCCC1CN1CCN(c2ccccc2Cl)CC1. The number of hydrogen-bond acceptors (Lipinski definition) is 3. The monoisotopic (exact) mass is 450 g/mol. The molecule has 4 rings (SSSR count). The Morgan fingerprint density at radius 1 is 0.967 bits per heavy atom. The first-order valence-corrected chi connectivity index (χ1v) is 11.6. The van der Waals surface area contributed by atoms with Gasteiger partial charge in [0.1, 0.15) is 5.82 Å². The highest BCUT2D eigenvalue weighted by Gasteiger charge is 2.41. The van der Waals surface area contributed by atoms with Crippen LogP contribution in [0.2, 0.25) is 10.0 Å². The van der Waals surface area contributed by atoms with Crippen molar-refractivity contribution in [1.82, 2.24) is 4.90 Å². The number of aliphatic hydroxyl groups is 1. The molecule has 0 amide bonds. The maximum absolute atomic E-state index is 14.4. The molecule has 0 aromatic heterocycles. The molecule has 1 saturated carbocycles. The average molecular weight is 451 g/mol. The van der Waals surface area contributed by atoms with Crippen LogP contribution in [0.25, 0.3) is 0 Å². The van der Waals surface area contributed by atoms with Crippen LogP contribution >= 0.6 is 23.2 Å². The van der Waals surface area contributed by atoms with Crippen LogP contribution in [0.15, 0.2) is 42.5 Å². The van der Waals surface area contributed by atoms with Crippen molar-refractivity contribution in [2.24, 2.45) is 5.92 Å². The minimum Gasteiger partial charge on any atom is -0.389 e. The van der Waals surface area contributed by atoms with E-state index in [1.165, 1.54) is 6.07 Å². The van der Waals surface area contributed by atoms with Crippen LogP contribution in [0.4, 0.5) is 10.1 Å². The van der Waals surface area contributed by atoms with E-state index in [4.69, 9.17) is 23.2 Å². The van der Waals surface area contributed by atoms with Gasteiger partial charge in [-0.25, -0.2) is 4.39 Å². The molecule has 1 heterocycles. The molecule has 2 aromatic carbocycles. The quantitative estimate of drug-likeness (QED) is 0.658. The van der Waals surface area contributed by atoms with Gasteiger partial charge >= 0.3 is 0 Å². The fraction of sp³-hybridized carbons (Fsp3) is 0.500. The number of piperazine rings is 1. The normalized spacial score (nSPS) is 25.5. The van der Waals surface area contributed by atoms with Gasteiger partial charge in [0.2, 0.25) is 0 Å². The number of benzene rings is 2. The number of rotatable bonds is 5. The van der Waals surface area contributed by atoms with Crippen molar-refractivity contribution in [2.45, 2.75) is 37.7 Å². The predicted octanol–water partition coefficient (Wildman–Crippen LogP) is 5.42. The van der Waals surface area contributed by atoms with Crippen LogP contribution in [-0.2, 0) is 6.42 Å². The molecule has 2 aromatic rings. The molecule has 6 heteroatoms. The van der Waals surface area contributed by atoms with Gasteiger partial charge in [-0.2, -0.15) is 0 Å². The zero-order valence-electron chi connectivity index (χ0n) is 17.2. The summed E-state index contributed by atoms with van der Waals surface area (Å²) in [6, 6.07) is 12.7. The minimum atomic E-state index is -0.913. The van der Waals surface area contributed by atoms with Crippen molar-refractivity contribution in [3.8, 4) is 0 Å². The van der Waals surface area contributed by atoms with Gasteiger partial charge in [0.25, 0.3) is 0 Å². The van der Waals surface area contributed by atoms with Gasteiger partial charge < -0.3 is 10.0 Å². The van der Waals surface area contributed by atoms with E-state index in [-0.39, 0.29) is 18.2 Å². The van der Waals surface area contributed by atoms with Crippen LogP contribution in [0, 0.1) is 11.7 Å². The van der Waals surface area contributed by atoms with Crippen molar-refractivity contribution in [3.05, 3.63) is 63.9 Å². The topological polar surface area (TPSA) is 26.7 Å². The van der Waals surface area contributed by atoms with Crippen molar-refractivity contribution in [1.29, 1.82) is 0 Å². The molecule has 2 unspecified atom stereocenters. The Morgan fingerprint density at radius 2 is 1.70 bits per heavy atom.